The summed E-state index contributed by atoms with van der Waals surface area (Å²) in [5.41, 5.74) is 0.696. The zero-order valence-corrected chi connectivity index (χ0v) is 19.3. The van der Waals surface area contributed by atoms with Crippen LogP contribution in [0.4, 0.5) is 5.69 Å². The van der Waals surface area contributed by atoms with Crippen molar-refractivity contribution < 1.29 is 22.7 Å². The highest BCUT2D eigenvalue weighted by Crippen LogP contribution is 2.21. The summed E-state index contributed by atoms with van der Waals surface area (Å²) in [6.45, 7) is 0.499. The van der Waals surface area contributed by atoms with E-state index >= 15 is 0 Å². The number of halogens is 1. The number of esters is 1. The second-order valence-corrected chi connectivity index (χ2v) is 10.2. The molecule has 1 N–H and O–H groups in total. The maximum Gasteiger partial charge on any atom is 0.338 e. The fourth-order valence-corrected chi connectivity index (χ4v) is 5.30. The van der Waals surface area contributed by atoms with E-state index < -0.39 is 28.5 Å². The summed E-state index contributed by atoms with van der Waals surface area (Å²) in [5.74, 6) is -1.22. The van der Waals surface area contributed by atoms with Gasteiger partial charge >= 0.3 is 5.97 Å². The summed E-state index contributed by atoms with van der Waals surface area (Å²) in [7, 11) is -3.67. The average Bonchev–Trinajstić information content (AvgIpc) is 3.02. The Morgan fingerprint density at radius 1 is 1.00 bits per heavy atom. The maximum atomic E-state index is 12.9. The Balaban J connectivity index is 1.63. The van der Waals surface area contributed by atoms with E-state index in [1.54, 1.807) is 18.2 Å². The first-order valence-electron chi connectivity index (χ1n) is 9.69. The van der Waals surface area contributed by atoms with Gasteiger partial charge in [0.25, 0.3) is 5.91 Å². The van der Waals surface area contributed by atoms with Crippen molar-refractivity contribution >= 4 is 50.2 Å². The first kappa shape index (κ1) is 22.7. The predicted molar refractivity (Wildman–Crippen MR) is 122 cm³/mol. The van der Waals surface area contributed by atoms with Gasteiger partial charge in [0.2, 0.25) is 10.0 Å². The van der Waals surface area contributed by atoms with Gasteiger partial charge in [-0.1, -0.05) is 25.0 Å². The Morgan fingerprint density at radius 2 is 1.70 bits per heavy atom. The number of nitrogens with zero attached hydrogens (tertiary/aromatic N) is 1. The third kappa shape index (κ3) is 6.02. The lowest BCUT2D eigenvalue weighted by Crippen LogP contribution is -2.32. The molecule has 9 heteroatoms. The maximum absolute atomic E-state index is 12.9. The van der Waals surface area contributed by atoms with Gasteiger partial charge in [0, 0.05) is 22.3 Å². The number of hydrogen-bond acceptors (Lipinski definition) is 5. The summed E-state index contributed by atoms with van der Waals surface area (Å²) >= 11 is 2.13. The summed E-state index contributed by atoms with van der Waals surface area (Å²) in [6.07, 6.45) is 3.69. The van der Waals surface area contributed by atoms with Crippen molar-refractivity contribution in [3.8, 4) is 0 Å². The number of rotatable bonds is 6. The molecule has 2 aromatic carbocycles. The number of carbonyl (C=O) groups is 2. The quantitative estimate of drug-likeness (QED) is 0.445. The summed E-state index contributed by atoms with van der Waals surface area (Å²) in [6, 6.07) is 13.0. The number of ether oxygens (including phenoxy) is 1. The fraction of sp³-hybridized carbons (Fsp3) is 0.333. The molecule has 0 saturated carbocycles. The molecule has 3 rings (SSSR count). The number of amides is 1. The van der Waals surface area contributed by atoms with Crippen LogP contribution in [-0.4, -0.2) is 44.3 Å². The smallest absolute Gasteiger partial charge is 0.338 e. The van der Waals surface area contributed by atoms with Gasteiger partial charge in [0.15, 0.2) is 6.61 Å². The highest BCUT2D eigenvalue weighted by molar-refractivity contribution is 14.1. The van der Waals surface area contributed by atoms with Crippen molar-refractivity contribution in [2.75, 3.05) is 25.0 Å². The molecular formula is C21H23IN2O5S. The third-order valence-corrected chi connectivity index (χ3v) is 7.28. The SMILES string of the molecule is O=C(COC(=O)c1cccc(S(=O)(=O)N2CCCCCC2)c1)Nc1cccc(I)c1. The Labute approximate surface area is 190 Å². The van der Waals surface area contributed by atoms with Gasteiger partial charge in [-0.3, -0.25) is 4.79 Å². The molecule has 1 saturated heterocycles. The highest BCUT2D eigenvalue weighted by atomic mass is 127. The standard InChI is InChI=1S/C21H23IN2O5S/c22-17-8-6-9-18(14-17)23-20(25)15-29-21(26)16-7-5-10-19(13-16)30(27,28)24-11-3-1-2-4-12-24/h5-10,13-14H,1-4,11-12,15H2,(H,23,25). The molecule has 30 heavy (non-hydrogen) atoms. The van der Waals surface area contributed by atoms with E-state index in [-0.39, 0.29) is 10.5 Å². The minimum absolute atomic E-state index is 0.0576. The van der Waals surface area contributed by atoms with Crippen LogP contribution in [0.15, 0.2) is 53.4 Å². The molecule has 2 aromatic rings. The average molecular weight is 542 g/mol. The molecule has 1 aliphatic heterocycles. The normalized spacial score (nSPS) is 15.2. The molecule has 1 aliphatic rings. The van der Waals surface area contributed by atoms with E-state index in [1.807, 2.05) is 6.07 Å². The van der Waals surface area contributed by atoms with E-state index in [9.17, 15) is 18.0 Å². The molecule has 1 heterocycles. The van der Waals surface area contributed by atoms with Crippen LogP contribution in [-0.2, 0) is 19.6 Å². The van der Waals surface area contributed by atoms with Crippen LogP contribution >= 0.6 is 22.6 Å². The Bertz CT molecular complexity index is 1020. The molecule has 0 atom stereocenters. The molecule has 7 nitrogen and oxygen atoms in total. The topological polar surface area (TPSA) is 92.8 Å². The lowest BCUT2D eigenvalue weighted by molar-refractivity contribution is -0.119. The zero-order valence-electron chi connectivity index (χ0n) is 16.3. The van der Waals surface area contributed by atoms with Crippen LogP contribution in [0.2, 0.25) is 0 Å². The minimum Gasteiger partial charge on any atom is -0.452 e. The van der Waals surface area contributed by atoms with Gasteiger partial charge in [-0.05, 0) is 71.8 Å². The molecule has 0 aromatic heterocycles. The van der Waals surface area contributed by atoms with E-state index in [0.717, 1.165) is 29.3 Å². The van der Waals surface area contributed by atoms with Crippen molar-refractivity contribution in [2.45, 2.75) is 30.6 Å². The first-order chi connectivity index (χ1) is 14.4. The number of carbonyl (C=O) groups excluding carboxylic acids is 2. The molecule has 0 unspecified atom stereocenters. The summed E-state index contributed by atoms with van der Waals surface area (Å²) < 4.78 is 33.3. The largest absolute Gasteiger partial charge is 0.452 e. The molecule has 160 valence electrons. The number of sulfonamides is 1. The zero-order chi connectivity index (χ0) is 21.6. The van der Waals surface area contributed by atoms with E-state index in [2.05, 4.69) is 27.9 Å². The predicted octanol–water partition coefficient (Wildman–Crippen LogP) is 3.65. The van der Waals surface area contributed by atoms with Crippen LogP contribution in [0.1, 0.15) is 36.0 Å². The van der Waals surface area contributed by atoms with Crippen LogP contribution in [0.25, 0.3) is 0 Å². The van der Waals surface area contributed by atoms with Crippen LogP contribution in [0.3, 0.4) is 0 Å². The van der Waals surface area contributed by atoms with Crippen LogP contribution < -0.4 is 5.32 Å². The molecule has 0 aliphatic carbocycles. The molecule has 1 fully saturated rings. The second-order valence-electron chi connectivity index (χ2n) is 6.98. The van der Waals surface area contributed by atoms with E-state index in [1.165, 1.54) is 28.6 Å². The second kappa shape index (κ2) is 10.4. The number of nitrogens with one attached hydrogen (secondary N) is 1. The number of anilines is 1. The van der Waals surface area contributed by atoms with Crippen molar-refractivity contribution in [1.29, 1.82) is 0 Å². The van der Waals surface area contributed by atoms with Crippen molar-refractivity contribution in [3.63, 3.8) is 0 Å². The summed E-state index contributed by atoms with van der Waals surface area (Å²) in [4.78, 5) is 24.4. The van der Waals surface area contributed by atoms with Gasteiger partial charge in [-0.25, -0.2) is 13.2 Å². The number of hydrogen-bond donors (Lipinski definition) is 1. The lowest BCUT2D eigenvalue weighted by atomic mass is 10.2. The fourth-order valence-electron chi connectivity index (χ4n) is 3.19. The van der Waals surface area contributed by atoms with Crippen molar-refractivity contribution in [3.05, 3.63) is 57.7 Å². The van der Waals surface area contributed by atoms with E-state index in [4.69, 9.17) is 4.74 Å². The minimum atomic E-state index is -3.67. The van der Waals surface area contributed by atoms with Crippen LogP contribution in [0, 0.1) is 3.57 Å². The van der Waals surface area contributed by atoms with Gasteiger partial charge < -0.3 is 10.1 Å². The molecule has 0 spiro atoms. The molecular weight excluding hydrogens is 519 g/mol. The summed E-state index contributed by atoms with van der Waals surface area (Å²) in [5, 5.41) is 2.65. The highest BCUT2D eigenvalue weighted by Gasteiger charge is 2.26. The Morgan fingerprint density at radius 3 is 2.40 bits per heavy atom. The van der Waals surface area contributed by atoms with E-state index in [0.29, 0.717) is 18.8 Å². The lowest BCUT2D eigenvalue weighted by Gasteiger charge is -2.20. The van der Waals surface area contributed by atoms with Gasteiger partial charge in [-0.2, -0.15) is 4.31 Å². The van der Waals surface area contributed by atoms with Crippen LogP contribution in [0.5, 0.6) is 0 Å². The van der Waals surface area contributed by atoms with Crippen molar-refractivity contribution in [2.24, 2.45) is 0 Å². The molecule has 0 bridgehead atoms. The molecule has 0 radical (unpaired) electrons. The first-order valence-corrected chi connectivity index (χ1v) is 12.2. The number of benzene rings is 2. The monoisotopic (exact) mass is 542 g/mol. The molecule has 1 amide bonds. The Kier molecular flexibility index (Phi) is 7.84. The van der Waals surface area contributed by atoms with Gasteiger partial charge in [0.05, 0.1) is 10.5 Å². The van der Waals surface area contributed by atoms with Gasteiger partial charge in [0.1, 0.15) is 0 Å². The van der Waals surface area contributed by atoms with Crippen molar-refractivity contribution in [1.82, 2.24) is 4.31 Å². The Hall–Kier alpha value is -1.98. The van der Waals surface area contributed by atoms with Gasteiger partial charge in [-0.15, -0.1) is 0 Å². The third-order valence-electron chi connectivity index (χ3n) is 4.72.